The van der Waals surface area contributed by atoms with Gasteiger partial charge in [0.05, 0.1) is 15.0 Å². The molecule has 0 bridgehead atoms. The van der Waals surface area contributed by atoms with Crippen LogP contribution in [0.1, 0.15) is 0 Å². The van der Waals surface area contributed by atoms with Crippen molar-refractivity contribution in [2.45, 2.75) is 4.21 Å². The van der Waals surface area contributed by atoms with Crippen LogP contribution in [0.3, 0.4) is 0 Å². The average Bonchev–Trinajstić information content (AvgIpc) is 2.56. The maximum atomic E-state index is 11.3. The summed E-state index contributed by atoms with van der Waals surface area (Å²) in [7, 11) is 0.360. The van der Waals surface area contributed by atoms with Gasteiger partial charge in [0.25, 0.3) is 0 Å². The lowest BCUT2D eigenvalue weighted by molar-refractivity contribution is -0.118. The van der Waals surface area contributed by atoms with E-state index in [0.29, 0.717) is 0 Å². The van der Waals surface area contributed by atoms with Crippen molar-refractivity contribution in [1.82, 2.24) is 5.32 Å². The Morgan fingerprint density at radius 1 is 1.75 bits per heavy atom. The summed E-state index contributed by atoms with van der Waals surface area (Å²) < 4.78 is 12.1. The SMILES string of the molecule is CNC(=O)CS(=O)c1cccs1. The van der Waals surface area contributed by atoms with E-state index in [1.54, 1.807) is 6.07 Å². The van der Waals surface area contributed by atoms with Crippen molar-refractivity contribution < 1.29 is 9.00 Å². The van der Waals surface area contributed by atoms with Crippen LogP contribution in [-0.2, 0) is 15.6 Å². The molecule has 0 aromatic carbocycles. The number of hydrogen-bond acceptors (Lipinski definition) is 3. The molecule has 0 aliphatic heterocycles. The second-order valence-electron chi connectivity index (χ2n) is 2.10. The summed E-state index contributed by atoms with van der Waals surface area (Å²) in [5.74, 6) is -0.140. The molecule has 1 atom stereocenters. The smallest absolute Gasteiger partial charge is 0.232 e. The third-order valence-corrected chi connectivity index (χ3v) is 3.88. The van der Waals surface area contributed by atoms with E-state index in [1.165, 1.54) is 18.4 Å². The molecule has 0 fully saturated rings. The van der Waals surface area contributed by atoms with E-state index in [0.717, 1.165) is 4.21 Å². The molecule has 0 saturated heterocycles. The first-order chi connectivity index (χ1) is 5.74. The van der Waals surface area contributed by atoms with Crippen molar-refractivity contribution >= 4 is 28.0 Å². The highest BCUT2D eigenvalue weighted by Crippen LogP contribution is 2.13. The maximum Gasteiger partial charge on any atom is 0.232 e. The van der Waals surface area contributed by atoms with Gasteiger partial charge in [0.1, 0.15) is 5.75 Å². The summed E-state index contributed by atoms with van der Waals surface area (Å²) in [4.78, 5) is 10.8. The fourth-order valence-corrected chi connectivity index (χ4v) is 2.63. The zero-order valence-corrected chi connectivity index (χ0v) is 8.21. The maximum absolute atomic E-state index is 11.3. The molecule has 1 aromatic rings. The second kappa shape index (κ2) is 4.37. The first kappa shape index (κ1) is 9.41. The summed E-state index contributed by atoms with van der Waals surface area (Å²) in [6.07, 6.45) is 0. The van der Waals surface area contributed by atoms with E-state index in [1.807, 2.05) is 11.4 Å². The highest BCUT2D eigenvalue weighted by molar-refractivity contribution is 7.88. The van der Waals surface area contributed by atoms with Gasteiger partial charge in [-0.2, -0.15) is 0 Å². The Kier molecular flexibility index (Phi) is 3.43. The average molecular weight is 203 g/mol. The lowest BCUT2D eigenvalue weighted by Gasteiger charge is -1.96. The second-order valence-corrected chi connectivity index (χ2v) is 4.72. The zero-order valence-electron chi connectivity index (χ0n) is 6.57. The minimum Gasteiger partial charge on any atom is -0.358 e. The monoisotopic (exact) mass is 203 g/mol. The highest BCUT2D eigenvalue weighted by atomic mass is 32.2. The Morgan fingerprint density at radius 2 is 2.50 bits per heavy atom. The number of hydrogen-bond donors (Lipinski definition) is 1. The molecule has 3 nitrogen and oxygen atoms in total. The molecule has 1 N–H and O–H groups in total. The molecule has 0 aliphatic rings. The molecule has 0 spiro atoms. The van der Waals surface area contributed by atoms with Gasteiger partial charge in [-0.25, -0.2) is 0 Å². The minimum absolute atomic E-state index is 0.0526. The molecular weight excluding hydrogens is 194 g/mol. The van der Waals surface area contributed by atoms with Crippen molar-refractivity contribution in [3.8, 4) is 0 Å². The predicted molar refractivity (Wildman–Crippen MR) is 49.7 cm³/mol. The van der Waals surface area contributed by atoms with E-state index in [9.17, 15) is 9.00 Å². The Labute approximate surface area is 77.3 Å². The molecule has 66 valence electrons. The van der Waals surface area contributed by atoms with Gasteiger partial charge in [-0.1, -0.05) is 6.07 Å². The lowest BCUT2D eigenvalue weighted by atomic mass is 10.7. The Morgan fingerprint density at radius 3 is 3.00 bits per heavy atom. The van der Waals surface area contributed by atoms with Crippen LogP contribution in [-0.4, -0.2) is 22.9 Å². The lowest BCUT2D eigenvalue weighted by Crippen LogP contribution is -2.23. The van der Waals surface area contributed by atoms with E-state index >= 15 is 0 Å². The zero-order chi connectivity index (χ0) is 8.97. The molecule has 0 radical (unpaired) electrons. The largest absolute Gasteiger partial charge is 0.358 e. The number of thiophene rings is 1. The molecule has 1 heterocycles. The van der Waals surface area contributed by atoms with Crippen molar-refractivity contribution in [2.24, 2.45) is 0 Å². The van der Waals surface area contributed by atoms with E-state index < -0.39 is 10.8 Å². The van der Waals surface area contributed by atoms with Crippen LogP contribution in [0.4, 0.5) is 0 Å². The molecule has 1 rings (SSSR count). The van der Waals surface area contributed by atoms with Crippen molar-refractivity contribution in [1.29, 1.82) is 0 Å². The van der Waals surface area contributed by atoms with E-state index in [-0.39, 0.29) is 11.7 Å². The van der Waals surface area contributed by atoms with Gasteiger partial charge in [-0.15, -0.1) is 11.3 Å². The first-order valence-electron chi connectivity index (χ1n) is 3.36. The molecule has 1 amide bonds. The van der Waals surface area contributed by atoms with Gasteiger partial charge >= 0.3 is 0 Å². The predicted octanol–water partition coefficient (Wildman–Crippen LogP) is 0.602. The normalized spacial score (nSPS) is 12.4. The first-order valence-corrected chi connectivity index (χ1v) is 5.56. The highest BCUT2D eigenvalue weighted by Gasteiger charge is 2.08. The number of carbonyl (C=O) groups is 1. The van der Waals surface area contributed by atoms with Crippen LogP contribution in [0.5, 0.6) is 0 Å². The summed E-state index contributed by atoms with van der Waals surface area (Å²) in [6.45, 7) is 0. The summed E-state index contributed by atoms with van der Waals surface area (Å²) in [5.41, 5.74) is 0. The van der Waals surface area contributed by atoms with Crippen molar-refractivity contribution in [3.05, 3.63) is 17.5 Å². The number of carbonyl (C=O) groups excluding carboxylic acids is 1. The van der Waals surface area contributed by atoms with Gasteiger partial charge in [-0.3, -0.25) is 9.00 Å². The molecule has 1 unspecified atom stereocenters. The van der Waals surface area contributed by atoms with E-state index in [4.69, 9.17) is 0 Å². The molecule has 5 heteroatoms. The Hall–Kier alpha value is -0.680. The topological polar surface area (TPSA) is 46.2 Å². The fraction of sp³-hybridized carbons (Fsp3) is 0.286. The molecule has 0 aliphatic carbocycles. The summed E-state index contributed by atoms with van der Waals surface area (Å²) in [5, 5.41) is 4.27. The molecular formula is C7H9NO2S2. The summed E-state index contributed by atoms with van der Waals surface area (Å²) in [6, 6.07) is 3.59. The quantitative estimate of drug-likeness (QED) is 0.782. The molecule has 0 saturated carbocycles. The van der Waals surface area contributed by atoms with Crippen molar-refractivity contribution in [3.63, 3.8) is 0 Å². The third-order valence-electron chi connectivity index (χ3n) is 1.26. The number of nitrogens with one attached hydrogen (secondary N) is 1. The number of rotatable bonds is 3. The van der Waals surface area contributed by atoms with Crippen LogP contribution < -0.4 is 5.32 Å². The van der Waals surface area contributed by atoms with Crippen LogP contribution in [0.2, 0.25) is 0 Å². The van der Waals surface area contributed by atoms with Gasteiger partial charge in [0.15, 0.2) is 0 Å². The van der Waals surface area contributed by atoms with Gasteiger partial charge in [0, 0.05) is 7.05 Å². The Bertz CT molecular complexity index is 282. The van der Waals surface area contributed by atoms with Crippen LogP contribution in [0, 0.1) is 0 Å². The van der Waals surface area contributed by atoms with Crippen molar-refractivity contribution in [2.75, 3.05) is 12.8 Å². The third kappa shape index (κ3) is 2.42. The van der Waals surface area contributed by atoms with Gasteiger partial charge < -0.3 is 5.32 Å². The van der Waals surface area contributed by atoms with E-state index in [2.05, 4.69) is 5.32 Å². The molecule has 1 aromatic heterocycles. The van der Waals surface area contributed by atoms with Gasteiger partial charge in [-0.05, 0) is 11.4 Å². The standard InChI is InChI=1S/C7H9NO2S2/c1-8-6(9)5-12(10)7-3-2-4-11-7/h2-4H,5H2,1H3,(H,8,9). The van der Waals surface area contributed by atoms with Crippen LogP contribution in [0.25, 0.3) is 0 Å². The Balaban J connectivity index is 2.56. The fourth-order valence-electron chi connectivity index (χ4n) is 0.655. The number of amides is 1. The molecule has 12 heavy (non-hydrogen) atoms. The van der Waals surface area contributed by atoms with Crippen LogP contribution in [0.15, 0.2) is 21.7 Å². The summed E-state index contributed by atoms with van der Waals surface area (Å²) >= 11 is 1.40. The van der Waals surface area contributed by atoms with Crippen LogP contribution >= 0.6 is 11.3 Å². The minimum atomic E-state index is -1.18. The van der Waals surface area contributed by atoms with Gasteiger partial charge in [0.2, 0.25) is 5.91 Å².